The number of nitro benzene ring substituents is 1. The van der Waals surface area contributed by atoms with Crippen molar-refractivity contribution in [3.05, 3.63) is 104 Å². The fraction of sp³-hybridized carbons (Fsp3) is 0.0435. The Morgan fingerprint density at radius 3 is 2.70 bits per heavy atom. The predicted octanol–water partition coefficient (Wildman–Crippen LogP) is 5.59. The molecule has 0 radical (unpaired) electrons. The Labute approximate surface area is 194 Å². The Morgan fingerprint density at radius 2 is 1.94 bits per heavy atom. The van der Waals surface area contributed by atoms with Gasteiger partial charge in [-0.3, -0.25) is 14.9 Å². The zero-order chi connectivity index (χ0) is 23.4. The fourth-order valence-electron chi connectivity index (χ4n) is 2.97. The number of rotatable bonds is 7. The minimum atomic E-state index is -0.617. The third-order valence-electron chi connectivity index (χ3n) is 4.58. The molecule has 1 aromatic heterocycles. The molecule has 0 fully saturated rings. The first kappa shape index (κ1) is 22.2. The molecule has 0 aliphatic carbocycles. The quantitative estimate of drug-likeness (QED) is 0.198. The lowest BCUT2D eigenvalue weighted by Gasteiger charge is -2.09. The van der Waals surface area contributed by atoms with Crippen LogP contribution in [0.25, 0.3) is 11.0 Å². The normalized spacial score (nSPS) is 11.1. The lowest BCUT2D eigenvalue weighted by molar-refractivity contribution is -0.384. The van der Waals surface area contributed by atoms with Crippen LogP contribution in [0.5, 0.6) is 5.75 Å². The number of nitrogens with zero attached hydrogens (tertiary/aromatic N) is 2. The number of hydrazone groups is 1. The SMILES string of the molecule is O=C(N/N=C\c1cc(Br)ccc1OCc1ccc(F)cc1)c1cc2cc([N+](=O)[O-])ccc2o1. The van der Waals surface area contributed by atoms with Crippen molar-refractivity contribution in [2.45, 2.75) is 6.61 Å². The zero-order valence-electron chi connectivity index (χ0n) is 16.8. The second-order valence-electron chi connectivity index (χ2n) is 6.89. The Morgan fingerprint density at radius 1 is 1.15 bits per heavy atom. The molecule has 0 saturated carbocycles. The summed E-state index contributed by atoms with van der Waals surface area (Å²) in [6.45, 7) is 0.222. The molecule has 0 bridgehead atoms. The molecule has 0 spiro atoms. The molecule has 33 heavy (non-hydrogen) atoms. The first-order valence-corrected chi connectivity index (χ1v) is 10.4. The molecule has 0 saturated heterocycles. The van der Waals surface area contributed by atoms with Crippen LogP contribution in [0.2, 0.25) is 0 Å². The van der Waals surface area contributed by atoms with Gasteiger partial charge in [-0.15, -0.1) is 0 Å². The number of hydrogen-bond donors (Lipinski definition) is 1. The van der Waals surface area contributed by atoms with E-state index >= 15 is 0 Å². The number of hydrogen-bond acceptors (Lipinski definition) is 6. The first-order valence-electron chi connectivity index (χ1n) is 9.57. The molecule has 1 N–H and O–H groups in total. The second kappa shape index (κ2) is 9.61. The molecule has 0 unspecified atom stereocenters. The lowest BCUT2D eigenvalue weighted by atomic mass is 10.2. The van der Waals surface area contributed by atoms with E-state index in [1.807, 2.05) is 0 Å². The standard InChI is InChI=1S/C23H15BrFN3O5/c24-17-3-7-20(32-13-14-1-4-18(25)5-2-14)16(9-17)12-26-27-23(29)22-11-15-10-19(28(30)31)6-8-21(15)33-22/h1-12H,13H2,(H,27,29)/b26-12-. The average molecular weight is 512 g/mol. The average Bonchev–Trinajstić information content (AvgIpc) is 3.23. The molecule has 4 rings (SSSR count). The van der Waals surface area contributed by atoms with Crippen molar-refractivity contribution in [3.8, 4) is 5.75 Å². The van der Waals surface area contributed by atoms with Gasteiger partial charge in [0.1, 0.15) is 23.8 Å². The largest absolute Gasteiger partial charge is 0.488 e. The number of fused-ring (bicyclic) bond motifs is 1. The number of amides is 1. The molecule has 4 aromatic rings. The molecule has 1 heterocycles. The molecule has 1 amide bonds. The molecule has 166 valence electrons. The van der Waals surface area contributed by atoms with Gasteiger partial charge in [-0.2, -0.15) is 5.10 Å². The van der Waals surface area contributed by atoms with Crippen molar-refractivity contribution in [2.75, 3.05) is 0 Å². The molecule has 10 heteroatoms. The van der Waals surface area contributed by atoms with Crippen LogP contribution in [0.1, 0.15) is 21.7 Å². The van der Waals surface area contributed by atoms with Gasteiger partial charge in [-0.05, 0) is 48.0 Å². The summed E-state index contributed by atoms with van der Waals surface area (Å²) in [7, 11) is 0. The summed E-state index contributed by atoms with van der Waals surface area (Å²) in [4.78, 5) is 22.8. The van der Waals surface area contributed by atoms with Crippen LogP contribution in [0.3, 0.4) is 0 Å². The first-order chi connectivity index (χ1) is 15.9. The monoisotopic (exact) mass is 511 g/mol. The summed E-state index contributed by atoms with van der Waals surface area (Å²) in [5, 5.41) is 15.3. The number of carbonyl (C=O) groups is 1. The number of ether oxygens (including phenoxy) is 1. The van der Waals surface area contributed by atoms with Crippen LogP contribution >= 0.6 is 15.9 Å². The maximum Gasteiger partial charge on any atom is 0.307 e. The van der Waals surface area contributed by atoms with Crippen LogP contribution in [-0.4, -0.2) is 17.0 Å². The van der Waals surface area contributed by atoms with Crippen LogP contribution in [0, 0.1) is 15.9 Å². The van der Waals surface area contributed by atoms with Crippen molar-refractivity contribution < 1.29 is 23.3 Å². The van der Waals surface area contributed by atoms with Gasteiger partial charge in [-0.25, -0.2) is 9.82 Å². The Kier molecular flexibility index (Phi) is 6.45. The van der Waals surface area contributed by atoms with Gasteiger partial charge in [0.05, 0.1) is 11.1 Å². The number of halogens is 2. The summed E-state index contributed by atoms with van der Waals surface area (Å²) < 4.78 is 25.1. The van der Waals surface area contributed by atoms with E-state index in [4.69, 9.17) is 9.15 Å². The number of nitrogens with one attached hydrogen (secondary N) is 1. The Hall–Kier alpha value is -4.05. The zero-order valence-corrected chi connectivity index (χ0v) is 18.4. The third-order valence-corrected chi connectivity index (χ3v) is 5.08. The van der Waals surface area contributed by atoms with Crippen molar-refractivity contribution in [3.63, 3.8) is 0 Å². The van der Waals surface area contributed by atoms with Gasteiger partial charge in [0, 0.05) is 27.6 Å². The Balaban J connectivity index is 1.45. The summed E-state index contributed by atoms with van der Waals surface area (Å²) in [5.41, 5.74) is 3.99. The van der Waals surface area contributed by atoms with Crippen molar-refractivity contribution in [1.29, 1.82) is 0 Å². The van der Waals surface area contributed by atoms with Crippen molar-refractivity contribution in [2.24, 2.45) is 5.10 Å². The summed E-state index contributed by atoms with van der Waals surface area (Å²) in [6.07, 6.45) is 1.41. The number of carbonyl (C=O) groups excluding carboxylic acids is 1. The molecule has 8 nitrogen and oxygen atoms in total. The van der Waals surface area contributed by atoms with Crippen LogP contribution in [0.4, 0.5) is 10.1 Å². The van der Waals surface area contributed by atoms with E-state index in [1.54, 1.807) is 30.3 Å². The minimum Gasteiger partial charge on any atom is -0.488 e. The van der Waals surface area contributed by atoms with Crippen LogP contribution in [-0.2, 0) is 6.61 Å². The maximum absolute atomic E-state index is 13.1. The number of non-ortho nitro benzene ring substituents is 1. The predicted molar refractivity (Wildman–Crippen MR) is 123 cm³/mol. The molecule has 0 aliphatic rings. The maximum atomic E-state index is 13.1. The van der Waals surface area contributed by atoms with E-state index in [0.717, 1.165) is 10.0 Å². The molecular formula is C23H15BrFN3O5. The van der Waals surface area contributed by atoms with E-state index in [0.29, 0.717) is 22.3 Å². The topological polar surface area (TPSA) is 107 Å². The van der Waals surface area contributed by atoms with Gasteiger partial charge >= 0.3 is 5.91 Å². The highest BCUT2D eigenvalue weighted by atomic mass is 79.9. The number of nitro groups is 1. The lowest BCUT2D eigenvalue weighted by Crippen LogP contribution is -2.16. The summed E-state index contributed by atoms with van der Waals surface area (Å²) in [5.74, 6) is -0.469. The van der Waals surface area contributed by atoms with E-state index in [1.165, 1.54) is 42.6 Å². The highest BCUT2D eigenvalue weighted by Gasteiger charge is 2.14. The van der Waals surface area contributed by atoms with Gasteiger partial charge in [0.2, 0.25) is 0 Å². The van der Waals surface area contributed by atoms with Crippen molar-refractivity contribution >= 4 is 44.7 Å². The summed E-state index contributed by atoms with van der Waals surface area (Å²) in [6, 6.07) is 16.7. The third kappa shape index (κ3) is 5.42. The smallest absolute Gasteiger partial charge is 0.307 e. The van der Waals surface area contributed by atoms with Crippen molar-refractivity contribution in [1.82, 2.24) is 5.43 Å². The van der Waals surface area contributed by atoms with Gasteiger partial charge in [0.25, 0.3) is 5.69 Å². The van der Waals surface area contributed by atoms with Gasteiger partial charge in [0.15, 0.2) is 5.76 Å². The summed E-state index contributed by atoms with van der Waals surface area (Å²) >= 11 is 3.38. The van der Waals surface area contributed by atoms with Gasteiger partial charge in [-0.1, -0.05) is 28.1 Å². The van der Waals surface area contributed by atoms with E-state index < -0.39 is 10.8 Å². The Bertz CT molecular complexity index is 1370. The molecular weight excluding hydrogens is 497 g/mol. The van der Waals surface area contributed by atoms with E-state index in [2.05, 4.69) is 26.5 Å². The minimum absolute atomic E-state index is 0.0373. The molecule has 3 aromatic carbocycles. The van der Waals surface area contributed by atoms with E-state index in [9.17, 15) is 19.3 Å². The number of furan rings is 1. The number of benzene rings is 3. The highest BCUT2D eigenvalue weighted by molar-refractivity contribution is 9.10. The molecule has 0 atom stereocenters. The van der Waals surface area contributed by atoms with Crippen LogP contribution < -0.4 is 10.2 Å². The van der Waals surface area contributed by atoms with Gasteiger partial charge < -0.3 is 9.15 Å². The molecule has 0 aliphatic heterocycles. The van der Waals surface area contributed by atoms with Crippen LogP contribution in [0.15, 0.2) is 80.7 Å². The highest BCUT2D eigenvalue weighted by Crippen LogP contribution is 2.25. The fourth-order valence-corrected chi connectivity index (χ4v) is 3.34. The second-order valence-corrected chi connectivity index (χ2v) is 7.80. The van der Waals surface area contributed by atoms with E-state index in [-0.39, 0.29) is 23.9 Å².